The van der Waals surface area contributed by atoms with Crippen molar-refractivity contribution in [3.05, 3.63) is 30.1 Å². The molecular formula is C11H18ClN3O. The second-order valence-corrected chi connectivity index (χ2v) is 3.64. The summed E-state index contributed by atoms with van der Waals surface area (Å²) in [5.41, 5.74) is 6.68. The van der Waals surface area contributed by atoms with Crippen molar-refractivity contribution >= 4 is 18.3 Å². The van der Waals surface area contributed by atoms with Gasteiger partial charge in [0.25, 0.3) is 0 Å². The summed E-state index contributed by atoms with van der Waals surface area (Å²) < 4.78 is 0. The second kappa shape index (κ2) is 8.07. The maximum Gasteiger partial charge on any atom is 0.221 e. The van der Waals surface area contributed by atoms with Crippen LogP contribution in [0.2, 0.25) is 0 Å². The minimum Gasteiger partial charge on any atom is -0.356 e. The van der Waals surface area contributed by atoms with Gasteiger partial charge >= 0.3 is 0 Å². The highest BCUT2D eigenvalue weighted by atomic mass is 35.5. The van der Waals surface area contributed by atoms with Crippen LogP contribution in [0.25, 0.3) is 0 Å². The summed E-state index contributed by atoms with van der Waals surface area (Å²) in [5, 5.41) is 2.82. The number of pyridine rings is 1. The van der Waals surface area contributed by atoms with Crippen molar-refractivity contribution in [1.29, 1.82) is 0 Å². The molecule has 1 heterocycles. The van der Waals surface area contributed by atoms with Gasteiger partial charge in [-0.15, -0.1) is 12.4 Å². The molecule has 1 aromatic heterocycles. The van der Waals surface area contributed by atoms with Crippen LogP contribution in [0, 0.1) is 0 Å². The molecule has 5 heteroatoms. The topological polar surface area (TPSA) is 68.0 Å². The van der Waals surface area contributed by atoms with Crippen LogP contribution in [0.5, 0.6) is 0 Å². The van der Waals surface area contributed by atoms with Gasteiger partial charge in [0.15, 0.2) is 0 Å². The molecule has 0 aliphatic rings. The van der Waals surface area contributed by atoms with Gasteiger partial charge in [-0.05, 0) is 31.0 Å². The van der Waals surface area contributed by atoms with Gasteiger partial charge in [0.1, 0.15) is 0 Å². The Hall–Kier alpha value is -1.13. The molecule has 0 aliphatic heterocycles. The van der Waals surface area contributed by atoms with Crippen LogP contribution < -0.4 is 11.1 Å². The zero-order chi connectivity index (χ0) is 11.1. The number of amides is 1. The predicted octanol–water partition coefficient (Wildman–Crippen LogP) is 0.899. The van der Waals surface area contributed by atoms with E-state index in [1.54, 1.807) is 12.4 Å². The van der Waals surface area contributed by atoms with Crippen LogP contribution in [0.4, 0.5) is 0 Å². The Kier molecular flexibility index (Phi) is 7.50. The average molecular weight is 244 g/mol. The highest BCUT2D eigenvalue weighted by Crippen LogP contribution is 1.96. The summed E-state index contributed by atoms with van der Waals surface area (Å²) in [7, 11) is 0. The summed E-state index contributed by atoms with van der Waals surface area (Å²) >= 11 is 0. The number of carbonyl (C=O) groups excluding carboxylic acids is 1. The molecule has 0 saturated heterocycles. The highest BCUT2D eigenvalue weighted by molar-refractivity contribution is 5.85. The number of hydrogen-bond donors (Lipinski definition) is 2. The lowest BCUT2D eigenvalue weighted by Gasteiger charge is -2.06. The number of nitrogens with one attached hydrogen (secondary N) is 1. The van der Waals surface area contributed by atoms with E-state index in [1.165, 1.54) is 5.56 Å². The van der Waals surface area contributed by atoms with Crippen molar-refractivity contribution in [3.8, 4) is 0 Å². The largest absolute Gasteiger partial charge is 0.356 e. The van der Waals surface area contributed by atoms with E-state index in [1.807, 2.05) is 19.1 Å². The summed E-state index contributed by atoms with van der Waals surface area (Å²) in [6, 6.07) is 3.81. The minimum atomic E-state index is -0.0778. The quantitative estimate of drug-likeness (QED) is 0.808. The van der Waals surface area contributed by atoms with E-state index in [4.69, 9.17) is 5.73 Å². The second-order valence-electron chi connectivity index (χ2n) is 3.64. The predicted molar refractivity (Wildman–Crippen MR) is 66.5 cm³/mol. The van der Waals surface area contributed by atoms with Crippen LogP contribution in [0.1, 0.15) is 18.9 Å². The lowest BCUT2D eigenvalue weighted by molar-refractivity contribution is -0.121. The minimum absolute atomic E-state index is 0. The van der Waals surface area contributed by atoms with E-state index in [0.717, 1.165) is 6.42 Å². The Balaban J connectivity index is 0.00000225. The fourth-order valence-electron chi connectivity index (χ4n) is 1.26. The molecule has 1 atom stereocenters. The van der Waals surface area contributed by atoms with Crippen LogP contribution in [-0.4, -0.2) is 23.5 Å². The number of hydrogen-bond acceptors (Lipinski definition) is 3. The fraction of sp³-hybridized carbons (Fsp3) is 0.455. The molecule has 0 aliphatic carbocycles. The Labute approximate surface area is 102 Å². The van der Waals surface area contributed by atoms with Gasteiger partial charge < -0.3 is 11.1 Å². The lowest BCUT2D eigenvalue weighted by atomic mass is 10.2. The summed E-state index contributed by atoms with van der Waals surface area (Å²) in [6.45, 7) is 2.47. The van der Waals surface area contributed by atoms with E-state index in [0.29, 0.717) is 13.0 Å². The molecule has 4 nitrogen and oxygen atoms in total. The molecule has 16 heavy (non-hydrogen) atoms. The number of nitrogens with zero attached hydrogens (tertiary/aromatic N) is 1. The molecule has 0 fully saturated rings. The van der Waals surface area contributed by atoms with Gasteiger partial charge in [0, 0.05) is 31.4 Å². The molecule has 3 N–H and O–H groups in total. The number of aromatic nitrogens is 1. The molecule has 0 bridgehead atoms. The number of nitrogens with two attached hydrogens (primary N) is 1. The monoisotopic (exact) mass is 243 g/mol. The van der Waals surface area contributed by atoms with Gasteiger partial charge in [-0.3, -0.25) is 9.78 Å². The van der Waals surface area contributed by atoms with Crippen LogP contribution in [0.15, 0.2) is 24.5 Å². The Morgan fingerprint density at radius 1 is 1.50 bits per heavy atom. The molecule has 0 radical (unpaired) electrons. The summed E-state index contributed by atoms with van der Waals surface area (Å²) in [6.07, 6.45) is 4.71. The molecule has 90 valence electrons. The van der Waals surface area contributed by atoms with Gasteiger partial charge in [-0.25, -0.2) is 0 Å². The van der Waals surface area contributed by atoms with E-state index in [2.05, 4.69) is 10.3 Å². The third kappa shape index (κ3) is 6.37. The van der Waals surface area contributed by atoms with Crippen molar-refractivity contribution in [2.45, 2.75) is 25.8 Å². The fourth-order valence-corrected chi connectivity index (χ4v) is 1.26. The summed E-state index contributed by atoms with van der Waals surface area (Å²) in [5.74, 6) is 0.0130. The van der Waals surface area contributed by atoms with Gasteiger partial charge in [0.2, 0.25) is 5.91 Å². The van der Waals surface area contributed by atoms with Crippen LogP contribution >= 0.6 is 12.4 Å². The third-order valence-corrected chi connectivity index (χ3v) is 1.99. The molecule has 1 aromatic rings. The zero-order valence-electron chi connectivity index (χ0n) is 9.35. The first-order valence-corrected chi connectivity index (χ1v) is 5.09. The standard InChI is InChI=1S/C11H17N3O.ClH/c1-9(12)8-11(15)14-7-4-10-2-5-13-6-3-10;/h2-3,5-6,9H,4,7-8,12H2,1H3,(H,14,15);1H. The van der Waals surface area contributed by atoms with E-state index >= 15 is 0 Å². The first kappa shape index (κ1) is 14.9. The van der Waals surface area contributed by atoms with Crippen LogP contribution in [-0.2, 0) is 11.2 Å². The molecule has 1 rings (SSSR count). The SMILES string of the molecule is CC(N)CC(=O)NCCc1ccncc1.Cl. The van der Waals surface area contributed by atoms with E-state index in [-0.39, 0.29) is 24.4 Å². The third-order valence-electron chi connectivity index (χ3n) is 1.99. The maximum atomic E-state index is 11.2. The normalized spacial score (nSPS) is 11.4. The number of halogens is 1. The Bertz CT molecular complexity index is 303. The van der Waals surface area contributed by atoms with Crippen molar-refractivity contribution in [1.82, 2.24) is 10.3 Å². The van der Waals surface area contributed by atoms with Crippen molar-refractivity contribution in [2.24, 2.45) is 5.73 Å². The van der Waals surface area contributed by atoms with Crippen molar-refractivity contribution in [3.63, 3.8) is 0 Å². The molecule has 0 aromatic carbocycles. The van der Waals surface area contributed by atoms with Crippen LogP contribution in [0.3, 0.4) is 0 Å². The summed E-state index contributed by atoms with van der Waals surface area (Å²) in [4.78, 5) is 15.2. The number of rotatable bonds is 5. The van der Waals surface area contributed by atoms with Gasteiger partial charge in [-0.1, -0.05) is 0 Å². The first-order chi connectivity index (χ1) is 7.18. The lowest BCUT2D eigenvalue weighted by Crippen LogP contribution is -2.31. The number of carbonyl (C=O) groups is 1. The smallest absolute Gasteiger partial charge is 0.221 e. The first-order valence-electron chi connectivity index (χ1n) is 5.09. The van der Waals surface area contributed by atoms with Crippen molar-refractivity contribution < 1.29 is 4.79 Å². The molecule has 0 spiro atoms. The Morgan fingerprint density at radius 3 is 2.69 bits per heavy atom. The van der Waals surface area contributed by atoms with Gasteiger partial charge in [-0.2, -0.15) is 0 Å². The molecular weight excluding hydrogens is 226 g/mol. The zero-order valence-corrected chi connectivity index (χ0v) is 10.2. The van der Waals surface area contributed by atoms with E-state index < -0.39 is 0 Å². The molecule has 1 amide bonds. The average Bonchev–Trinajstić information content (AvgIpc) is 2.18. The Morgan fingerprint density at radius 2 is 2.12 bits per heavy atom. The molecule has 1 unspecified atom stereocenters. The maximum absolute atomic E-state index is 11.2. The molecule has 0 saturated carbocycles. The van der Waals surface area contributed by atoms with Crippen molar-refractivity contribution in [2.75, 3.05) is 6.54 Å². The highest BCUT2D eigenvalue weighted by Gasteiger charge is 2.03. The van der Waals surface area contributed by atoms with E-state index in [9.17, 15) is 4.79 Å². The van der Waals surface area contributed by atoms with Gasteiger partial charge in [0.05, 0.1) is 0 Å².